The Morgan fingerprint density at radius 3 is 2.32 bits per heavy atom. The highest BCUT2D eigenvalue weighted by molar-refractivity contribution is 5.27. The summed E-state index contributed by atoms with van der Waals surface area (Å²) in [6, 6.07) is 19.0. The largest absolute Gasteiger partial charge is 0.493 e. The molecule has 3 rings (SSSR count). The van der Waals surface area contributed by atoms with E-state index in [1.54, 1.807) is 0 Å². The van der Waals surface area contributed by atoms with Gasteiger partial charge in [0.2, 0.25) is 0 Å². The zero-order chi connectivity index (χ0) is 15.0. The standard InChI is InChI=1S/C19H24N2O/c1-2-4-17(5-3-1)10-15-22-19-8-6-18(7-9-19)16-21-13-11-20-12-14-21/h1-9,20H,10-16H2. The van der Waals surface area contributed by atoms with Crippen molar-refractivity contribution in [2.24, 2.45) is 0 Å². The van der Waals surface area contributed by atoms with Crippen LogP contribution in [0.1, 0.15) is 11.1 Å². The predicted octanol–water partition coefficient (Wildman–Crippen LogP) is 2.71. The summed E-state index contributed by atoms with van der Waals surface area (Å²) in [6.45, 7) is 6.22. The lowest BCUT2D eigenvalue weighted by molar-refractivity contribution is 0.233. The molecule has 0 aliphatic carbocycles. The van der Waals surface area contributed by atoms with Crippen molar-refractivity contribution >= 4 is 0 Å². The van der Waals surface area contributed by atoms with Gasteiger partial charge in [-0.15, -0.1) is 0 Å². The molecule has 1 fully saturated rings. The van der Waals surface area contributed by atoms with Crippen LogP contribution >= 0.6 is 0 Å². The fourth-order valence-corrected chi connectivity index (χ4v) is 2.75. The molecule has 0 aromatic heterocycles. The maximum Gasteiger partial charge on any atom is 0.119 e. The first kappa shape index (κ1) is 15.1. The van der Waals surface area contributed by atoms with E-state index in [9.17, 15) is 0 Å². The van der Waals surface area contributed by atoms with Gasteiger partial charge in [-0.3, -0.25) is 4.90 Å². The minimum Gasteiger partial charge on any atom is -0.493 e. The molecule has 3 heteroatoms. The van der Waals surface area contributed by atoms with E-state index in [2.05, 4.69) is 58.7 Å². The van der Waals surface area contributed by atoms with E-state index in [0.29, 0.717) is 0 Å². The van der Waals surface area contributed by atoms with Crippen molar-refractivity contribution < 1.29 is 4.74 Å². The molecular weight excluding hydrogens is 272 g/mol. The Kier molecular flexibility index (Phi) is 5.46. The highest BCUT2D eigenvalue weighted by Gasteiger charge is 2.09. The molecule has 2 aromatic carbocycles. The third-order valence-electron chi connectivity index (χ3n) is 4.04. The van der Waals surface area contributed by atoms with Crippen molar-refractivity contribution in [2.75, 3.05) is 32.8 Å². The number of hydrogen-bond acceptors (Lipinski definition) is 3. The number of rotatable bonds is 6. The van der Waals surface area contributed by atoms with Gasteiger partial charge in [-0.25, -0.2) is 0 Å². The Balaban J connectivity index is 1.44. The lowest BCUT2D eigenvalue weighted by atomic mass is 10.1. The quantitative estimate of drug-likeness (QED) is 0.887. The molecule has 0 bridgehead atoms. The van der Waals surface area contributed by atoms with Gasteiger partial charge >= 0.3 is 0 Å². The van der Waals surface area contributed by atoms with E-state index in [1.165, 1.54) is 11.1 Å². The molecule has 3 nitrogen and oxygen atoms in total. The van der Waals surface area contributed by atoms with Gasteiger partial charge in [0.25, 0.3) is 0 Å². The fraction of sp³-hybridized carbons (Fsp3) is 0.368. The van der Waals surface area contributed by atoms with Crippen LogP contribution in [0.5, 0.6) is 5.75 Å². The second-order valence-corrected chi connectivity index (χ2v) is 5.75. The lowest BCUT2D eigenvalue weighted by Crippen LogP contribution is -2.42. The molecule has 0 radical (unpaired) electrons. The molecule has 116 valence electrons. The van der Waals surface area contributed by atoms with Crippen LogP contribution in [0.25, 0.3) is 0 Å². The topological polar surface area (TPSA) is 24.5 Å². The summed E-state index contributed by atoms with van der Waals surface area (Å²) in [7, 11) is 0. The second-order valence-electron chi connectivity index (χ2n) is 5.75. The molecule has 0 atom stereocenters. The number of nitrogens with zero attached hydrogens (tertiary/aromatic N) is 1. The van der Waals surface area contributed by atoms with E-state index in [-0.39, 0.29) is 0 Å². The molecule has 0 amide bonds. The van der Waals surface area contributed by atoms with E-state index in [1.807, 2.05) is 6.07 Å². The smallest absolute Gasteiger partial charge is 0.119 e. The Bertz CT molecular complexity index is 547. The molecule has 1 N–H and O–H groups in total. The van der Waals surface area contributed by atoms with Gasteiger partial charge in [-0.1, -0.05) is 42.5 Å². The van der Waals surface area contributed by atoms with Gasteiger partial charge in [0.15, 0.2) is 0 Å². The molecule has 0 saturated carbocycles. The van der Waals surface area contributed by atoms with Crippen LogP contribution in [0, 0.1) is 0 Å². The highest BCUT2D eigenvalue weighted by Crippen LogP contribution is 2.14. The summed E-state index contributed by atoms with van der Waals surface area (Å²) in [5.74, 6) is 0.958. The summed E-state index contributed by atoms with van der Waals surface area (Å²) in [5, 5.41) is 3.38. The summed E-state index contributed by atoms with van der Waals surface area (Å²) < 4.78 is 5.83. The number of ether oxygens (including phenoxy) is 1. The van der Waals surface area contributed by atoms with E-state index >= 15 is 0 Å². The summed E-state index contributed by atoms with van der Waals surface area (Å²) in [4.78, 5) is 2.49. The molecule has 1 heterocycles. The Hall–Kier alpha value is -1.84. The molecule has 0 unspecified atom stereocenters. The average Bonchev–Trinajstić information content (AvgIpc) is 2.58. The molecule has 1 aliphatic heterocycles. The molecule has 22 heavy (non-hydrogen) atoms. The fourth-order valence-electron chi connectivity index (χ4n) is 2.75. The van der Waals surface area contributed by atoms with Crippen molar-refractivity contribution in [3.8, 4) is 5.75 Å². The third-order valence-corrected chi connectivity index (χ3v) is 4.04. The monoisotopic (exact) mass is 296 g/mol. The van der Waals surface area contributed by atoms with Crippen molar-refractivity contribution in [1.29, 1.82) is 0 Å². The zero-order valence-electron chi connectivity index (χ0n) is 13.0. The van der Waals surface area contributed by atoms with Crippen LogP contribution in [0.15, 0.2) is 54.6 Å². The van der Waals surface area contributed by atoms with Gasteiger partial charge < -0.3 is 10.1 Å². The van der Waals surface area contributed by atoms with Crippen LogP contribution in [-0.4, -0.2) is 37.7 Å². The van der Waals surface area contributed by atoms with E-state index < -0.39 is 0 Å². The summed E-state index contributed by atoms with van der Waals surface area (Å²) in [5.41, 5.74) is 2.68. The summed E-state index contributed by atoms with van der Waals surface area (Å²) in [6.07, 6.45) is 0.948. The first-order valence-corrected chi connectivity index (χ1v) is 8.09. The van der Waals surface area contributed by atoms with Crippen LogP contribution in [0.4, 0.5) is 0 Å². The first-order chi connectivity index (χ1) is 10.9. The van der Waals surface area contributed by atoms with Gasteiger partial charge in [0.05, 0.1) is 6.61 Å². The van der Waals surface area contributed by atoms with Crippen molar-refractivity contribution in [2.45, 2.75) is 13.0 Å². The van der Waals surface area contributed by atoms with Crippen molar-refractivity contribution in [3.05, 3.63) is 65.7 Å². The van der Waals surface area contributed by atoms with Gasteiger partial charge in [-0.05, 0) is 23.3 Å². The maximum atomic E-state index is 5.83. The maximum absolute atomic E-state index is 5.83. The van der Waals surface area contributed by atoms with Crippen LogP contribution in [-0.2, 0) is 13.0 Å². The zero-order valence-corrected chi connectivity index (χ0v) is 13.0. The number of nitrogens with one attached hydrogen (secondary N) is 1. The SMILES string of the molecule is c1ccc(CCOc2ccc(CN3CCNCC3)cc2)cc1. The first-order valence-electron chi connectivity index (χ1n) is 8.09. The normalized spacial score (nSPS) is 15.6. The number of benzene rings is 2. The predicted molar refractivity (Wildman–Crippen MR) is 90.2 cm³/mol. The molecule has 1 aliphatic rings. The molecule has 2 aromatic rings. The minimum absolute atomic E-state index is 0.723. The Morgan fingerprint density at radius 2 is 1.59 bits per heavy atom. The van der Waals surface area contributed by atoms with Crippen molar-refractivity contribution in [1.82, 2.24) is 10.2 Å². The van der Waals surface area contributed by atoms with Crippen molar-refractivity contribution in [3.63, 3.8) is 0 Å². The molecule has 1 saturated heterocycles. The van der Waals surface area contributed by atoms with E-state index in [0.717, 1.165) is 51.5 Å². The van der Waals surface area contributed by atoms with Gasteiger partial charge in [0.1, 0.15) is 5.75 Å². The third kappa shape index (κ3) is 4.58. The molecular formula is C19H24N2O. The Morgan fingerprint density at radius 1 is 0.864 bits per heavy atom. The van der Waals surface area contributed by atoms with E-state index in [4.69, 9.17) is 4.74 Å². The van der Waals surface area contributed by atoms with Crippen LogP contribution < -0.4 is 10.1 Å². The average molecular weight is 296 g/mol. The highest BCUT2D eigenvalue weighted by atomic mass is 16.5. The molecule has 0 spiro atoms. The number of piperazine rings is 1. The minimum atomic E-state index is 0.723. The van der Waals surface area contributed by atoms with Crippen LogP contribution in [0.2, 0.25) is 0 Å². The second kappa shape index (κ2) is 7.97. The van der Waals surface area contributed by atoms with Crippen LogP contribution in [0.3, 0.4) is 0 Å². The number of hydrogen-bond donors (Lipinski definition) is 1. The lowest BCUT2D eigenvalue weighted by Gasteiger charge is -2.27. The van der Waals surface area contributed by atoms with Gasteiger partial charge in [-0.2, -0.15) is 0 Å². The van der Waals surface area contributed by atoms with Gasteiger partial charge in [0, 0.05) is 39.1 Å². The summed E-state index contributed by atoms with van der Waals surface area (Å²) >= 11 is 0. The Labute approximate surface area is 132 Å².